The highest BCUT2D eigenvalue weighted by Crippen LogP contribution is 2.23. The van der Waals surface area contributed by atoms with Crippen molar-refractivity contribution < 1.29 is 9.90 Å². The molecule has 5 heteroatoms. The number of unbranched alkanes of at least 4 members (excludes halogenated alkanes) is 1. The van der Waals surface area contributed by atoms with Gasteiger partial charge in [0.15, 0.2) is 0 Å². The number of nitrogens with one attached hydrogen (secondary N) is 1. The Kier molecular flexibility index (Phi) is 9.53. The molecular weight excluding hydrogens is 434 g/mol. The molecule has 0 aliphatic heterocycles. The molecule has 1 amide bonds. The molecule has 3 rings (SSSR count). The van der Waals surface area contributed by atoms with E-state index in [0.717, 1.165) is 36.9 Å². The number of fused-ring (bicyclic) bond motifs is 1. The summed E-state index contributed by atoms with van der Waals surface area (Å²) in [6.07, 6.45) is 4.48. The van der Waals surface area contributed by atoms with Gasteiger partial charge in [-0.1, -0.05) is 76.6 Å². The summed E-state index contributed by atoms with van der Waals surface area (Å²) in [4.78, 5) is 21.0. The molecule has 1 atom stereocenters. The summed E-state index contributed by atoms with van der Waals surface area (Å²) >= 11 is 0. The lowest BCUT2D eigenvalue weighted by Crippen LogP contribution is -2.43. The first-order valence-electron chi connectivity index (χ1n) is 13.0. The van der Waals surface area contributed by atoms with Crippen LogP contribution < -0.4 is 0 Å². The van der Waals surface area contributed by atoms with Crippen molar-refractivity contribution >= 4 is 16.8 Å². The fourth-order valence-electron chi connectivity index (χ4n) is 4.50. The number of H-pyrrole nitrogens is 1. The first kappa shape index (κ1) is 27.0. The average molecular weight is 478 g/mol. The van der Waals surface area contributed by atoms with Crippen LogP contribution in [0.15, 0.2) is 54.7 Å². The largest absolute Gasteiger partial charge is 0.392 e. The minimum absolute atomic E-state index is 0.101. The van der Waals surface area contributed by atoms with Gasteiger partial charge in [-0.3, -0.25) is 9.69 Å². The van der Waals surface area contributed by atoms with Crippen LogP contribution >= 0.6 is 0 Å². The predicted molar refractivity (Wildman–Crippen MR) is 146 cm³/mol. The van der Waals surface area contributed by atoms with Crippen molar-refractivity contribution in [2.24, 2.45) is 0 Å². The van der Waals surface area contributed by atoms with Gasteiger partial charge in [0.05, 0.1) is 12.6 Å². The molecule has 2 N–H and O–H groups in total. The van der Waals surface area contributed by atoms with E-state index in [2.05, 4.69) is 86.2 Å². The van der Waals surface area contributed by atoms with E-state index in [1.165, 1.54) is 16.5 Å². The van der Waals surface area contributed by atoms with E-state index < -0.39 is 6.10 Å². The number of hydrogen-bond donors (Lipinski definition) is 2. The zero-order valence-corrected chi connectivity index (χ0v) is 22.2. The number of benzene rings is 2. The van der Waals surface area contributed by atoms with Crippen molar-refractivity contribution in [2.75, 3.05) is 26.2 Å². The fourth-order valence-corrected chi connectivity index (χ4v) is 4.50. The van der Waals surface area contributed by atoms with E-state index in [-0.39, 0.29) is 11.3 Å². The van der Waals surface area contributed by atoms with Gasteiger partial charge in [0.1, 0.15) is 0 Å². The third-order valence-electron chi connectivity index (χ3n) is 6.58. The zero-order valence-electron chi connectivity index (χ0n) is 22.2. The Bertz CT molecular complexity index is 1060. The maximum absolute atomic E-state index is 13.5. The van der Waals surface area contributed by atoms with Crippen LogP contribution in [0.1, 0.15) is 64.2 Å². The number of carbonyl (C=O) groups is 1. The zero-order chi connectivity index (χ0) is 25.4. The minimum Gasteiger partial charge on any atom is -0.392 e. The first-order valence-corrected chi connectivity index (χ1v) is 13.0. The number of para-hydroxylation sites is 1. The molecule has 1 aromatic heterocycles. The van der Waals surface area contributed by atoms with Gasteiger partial charge in [0.2, 0.25) is 5.91 Å². The van der Waals surface area contributed by atoms with Crippen LogP contribution in [-0.4, -0.2) is 58.1 Å². The molecule has 35 heavy (non-hydrogen) atoms. The van der Waals surface area contributed by atoms with Crippen molar-refractivity contribution in [3.63, 3.8) is 0 Å². The van der Waals surface area contributed by atoms with E-state index in [4.69, 9.17) is 0 Å². The third kappa shape index (κ3) is 7.94. The van der Waals surface area contributed by atoms with Gasteiger partial charge < -0.3 is 15.0 Å². The Morgan fingerprint density at radius 2 is 1.77 bits per heavy atom. The number of aliphatic hydroxyl groups is 1. The Hall–Kier alpha value is -2.63. The van der Waals surface area contributed by atoms with Crippen LogP contribution in [0.25, 0.3) is 10.9 Å². The Morgan fingerprint density at radius 3 is 2.43 bits per heavy atom. The SMILES string of the molecule is CCCCN(CC(=O)N(CCc1c[nH]c2ccccc12)Cc1ccc(C(C)(C)C)cc1)C[C@@H](C)O. The maximum Gasteiger partial charge on any atom is 0.237 e. The van der Waals surface area contributed by atoms with Crippen LogP contribution in [-0.2, 0) is 23.2 Å². The van der Waals surface area contributed by atoms with E-state index in [1.54, 1.807) is 6.92 Å². The van der Waals surface area contributed by atoms with Crippen LogP contribution in [0.2, 0.25) is 0 Å². The van der Waals surface area contributed by atoms with Crippen molar-refractivity contribution in [1.29, 1.82) is 0 Å². The maximum atomic E-state index is 13.5. The summed E-state index contributed by atoms with van der Waals surface area (Å²) in [6, 6.07) is 17.0. The number of hydrogen-bond acceptors (Lipinski definition) is 3. The molecule has 2 aromatic carbocycles. The van der Waals surface area contributed by atoms with Crippen LogP contribution in [0.3, 0.4) is 0 Å². The number of aliphatic hydroxyl groups excluding tert-OH is 1. The number of amides is 1. The van der Waals surface area contributed by atoms with Crippen molar-refractivity contribution in [3.8, 4) is 0 Å². The van der Waals surface area contributed by atoms with Gasteiger partial charge in [-0.15, -0.1) is 0 Å². The molecule has 0 aliphatic carbocycles. The molecule has 3 aromatic rings. The number of rotatable bonds is 12. The lowest BCUT2D eigenvalue weighted by atomic mass is 9.87. The van der Waals surface area contributed by atoms with Crippen molar-refractivity contribution in [1.82, 2.24) is 14.8 Å². The van der Waals surface area contributed by atoms with Crippen molar-refractivity contribution in [3.05, 3.63) is 71.4 Å². The Labute approximate surface area is 211 Å². The summed E-state index contributed by atoms with van der Waals surface area (Å²) in [7, 11) is 0. The predicted octanol–water partition coefficient (Wildman–Crippen LogP) is 5.52. The Balaban J connectivity index is 1.77. The lowest BCUT2D eigenvalue weighted by Gasteiger charge is -2.28. The van der Waals surface area contributed by atoms with Crippen LogP contribution in [0, 0.1) is 0 Å². The number of aromatic amines is 1. The second kappa shape index (κ2) is 12.4. The number of aromatic nitrogens is 1. The van der Waals surface area contributed by atoms with E-state index in [9.17, 15) is 9.90 Å². The average Bonchev–Trinajstić information content (AvgIpc) is 3.22. The molecule has 0 radical (unpaired) electrons. The molecule has 0 aliphatic rings. The summed E-state index contributed by atoms with van der Waals surface area (Å²) in [6.45, 7) is 13.5. The van der Waals surface area contributed by atoms with Gasteiger partial charge >= 0.3 is 0 Å². The number of nitrogens with zero attached hydrogens (tertiary/aromatic N) is 2. The lowest BCUT2D eigenvalue weighted by molar-refractivity contribution is -0.133. The highest BCUT2D eigenvalue weighted by molar-refractivity contribution is 5.83. The quantitative estimate of drug-likeness (QED) is 0.361. The molecule has 190 valence electrons. The van der Waals surface area contributed by atoms with Crippen molar-refractivity contribution in [2.45, 2.75) is 71.9 Å². The molecule has 0 bridgehead atoms. The van der Waals surface area contributed by atoms with E-state index in [1.807, 2.05) is 11.0 Å². The summed E-state index contributed by atoms with van der Waals surface area (Å²) in [5, 5.41) is 11.2. The minimum atomic E-state index is -0.454. The van der Waals surface area contributed by atoms with Gasteiger partial charge in [-0.2, -0.15) is 0 Å². The summed E-state index contributed by atoms with van der Waals surface area (Å²) in [5.41, 5.74) is 4.89. The highest BCUT2D eigenvalue weighted by Gasteiger charge is 2.20. The van der Waals surface area contributed by atoms with Crippen LogP contribution in [0.4, 0.5) is 0 Å². The smallest absolute Gasteiger partial charge is 0.237 e. The molecule has 1 heterocycles. The third-order valence-corrected chi connectivity index (χ3v) is 6.58. The second-order valence-corrected chi connectivity index (χ2v) is 10.8. The highest BCUT2D eigenvalue weighted by atomic mass is 16.3. The van der Waals surface area contributed by atoms with E-state index in [0.29, 0.717) is 26.2 Å². The van der Waals surface area contributed by atoms with Gasteiger partial charge in [-0.25, -0.2) is 0 Å². The fraction of sp³-hybridized carbons (Fsp3) is 0.500. The van der Waals surface area contributed by atoms with Crippen LogP contribution in [0.5, 0.6) is 0 Å². The molecule has 0 spiro atoms. The van der Waals surface area contributed by atoms with Gasteiger partial charge in [-0.05, 0) is 54.5 Å². The molecule has 0 fully saturated rings. The summed E-state index contributed by atoms with van der Waals surface area (Å²) < 4.78 is 0. The van der Waals surface area contributed by atoms with Gasteiger partial charge in [0, 0.05) is 36.7 Å². The monoisotopic (exact) mass is 477 g/mol. The molecule has 0 saturated carbocycles. The van der Waals surface area contributed by atoms with E-state index >= 15 is 0 Å². The molecule has 5 nitrogen and oxygen atoms in total. The normalized spacial score (nSPS) is 12.9. The second-order valence-electron chi connectivity index (χ2n) is 10.8. The van der Waals surface area contributed by atoms with Gasteiger partial charge in [0.25, 0.3) is 0 Å². The standard InChI is InChI=1S/C30H43N3O2/c1-6-7-17-32(20-23(2)34)22-29(35)33(21-24-12-14-26(15-13-24)30(3,4)5)18-16-25-19-31-28-11-9-8-10-27(25)28/h8-15,19,23,31,34H,6-7,16-18,20-22H2,1-5H3/t23-/m1/s1. The molecule has 0 unspecified atom stereocenters. The first-order chi connectivity index (χ1) is 16.7. The summed E-state index contributed by atoms with van der Waals surface area (Å²) in [5.74, 6) is 0.112. The molecule has 0 saturated heterocycles. The number of carbonyl (C=O) groups excluding carboxylic acids is 1. The Morgan fingerprint density at radius 1 is 1.06 bits per heavy atom. The topological polar surface area (TPSA) is 59.6 Å². The molecular formula is C30H43N3O2.